The molecular weight excluding hydrogens is 570 g/mol. The first-order valence-corrected chi connectivity index (χ1v) is 14.0. The van der Waals surface area contributed by atoms with Gasteiger partial charge in [0, 0.05) is 44.6 Å². The topological polar surface area (TPSA) is 108 Å². The van der Waals surface area contributed by atoms with Gasteiger partial charge < -0.3 is 20.1 Å². The van der Waals surface area contributed by atoms with Crippen LogP contribution < -0.4 is 5.32 Å². The molecule has 1 fully saturated rings. The van der Waals surface area contributed by atoms with Crippen molar-refractivity contribution in [2.75, 3.05) is 31.5 Å². The molecule has 0 aliphatic carbocycles. The van der Waals surface area contributed by atoms with Crippen LogP contribution in [-0.2, 0) is 41.5 Å². The number of aliphatic carboxylic acids is 1. The van der Waals surface area contributed by atoms with Crippen molar-refractivity contribution < 1.29 is 32.6 Å². The first-order chi connectivity index (χ1) is 20.3. The van der Waals surface area contributed by atoms with Crippen molar-refractivity contribution in [3.05, 3.63) is 82.7 Å². The zero-order chi connectivity index (χ0) is 31.2. The van der Waals surface area contributed by atoms with Gasteiger partial charge in [0.15, 0.2) is 0 Å². The number of anilines is 2. The minimum absolute atomic E-state index is 0. The molecule has 0 spiro atoms. The van der Waals surface area contributed by atoms with Crippen molar-refractivity contribution in [3.8, 4) is 0 Å². The second-order valence-electron chi connectivity index (χ2n) is 11.5. The molecule has 0 radical (unpaired) electrons. The van der Waals surface area contributed by atoms with Crippen LogP contribution in [0.1, 0.15) is 48.7 Å². The summed E-state index contributed by atoms with van der Waals surface area (Å²) in [6.45, 7) is 8.79. The molecule has 0 saturated carbocycles. The van der Waals surface area contributed by atoms with E-state index in [0.29, 0.717) is 49.5 Å². The van der Waals surface area contributed by atoms with Crippen LogP contribution in [0, 0.1) is 0 Å². The number of hydrogen-bond donors (Lipinski definition) is 2. The molecule has 0 atom stereocenters. The number of hydrogen-bond acceptors (Lipinski definition) is 7. The molecule has 2 aromatic carbocycles. The minimum atomic E-state index is -4.63. The summed E-state index contributed by atoms with van der Waals surface area (Å²) in [6, 6.07) is 14.3. The summed E-state index contributed by atoms with van der Waals surface area (Å²) in [5.41, 5.74) is 1.26. The first-order valence-electron chi connectivity index (χ1n) is 14.0. The van der Waals surface area contributed by atoms with Gasteiger partial charge in [0.05, 0.1) is 17.7 Å². The number of piperazine rings is 1. The number of rotatable bonds is 9. The fourth-order valence-corrected chi connectivity index (χ4v) is 4.79. The SMILES string of the molecule is CC(C)(C)OC(=O)N1CCN(Cc2ccc(Nc3ncc(C(F)(F)F)c(CCc4ccccc4CC(=O)O)n3)cc2)CC1.[LiH]. The third kappa shape index (κ3) is 10.3. The second-order valence-corrected chi connectivity index (χ2v) is 11.5. The Morgan fingerprint density at radius 3 is 2.18 bits per heavy atom. The van der Waals surface area contributed by atoms with Gasteiger partial charge in [-0.15, -0.1) is 0 Å². The molecule has 44 heavy (non-hydrogen) atoms. The van der Waals surface area contributed by atoms with E-state index in [1.165, 1.54) is 0 Å². The third-order valence-electron chi connectivity index (χ3n) is 6.90. The number of halogens is 3. The molecule has 1 aliphatic rings. The molecule has 3 aromatic rings. The first kappa shape index (κ1) is 34.9. The van der Waals surface area contributed by atoms with Crippen LogP contribution in [-0.4, -0.2) is 87.6 Å². The van der Waals surface area contributed by atoms with Gasteiger partial charge in [0.2, 0.25) is 5.95 Å². The number of nitrogens with zero attached hydrogens (tertiary/aromatic N) is 4. The average Bonchev–Trinajstić information content (AvgIpc) is 2.92. The number of alkyl halides is 3. The van der Waals surface area contributed by atoms with Crippen LogP contribution in [0.25, 0.3) is 0 Å². The van der Waals surface area contributed by atoms with Crippen molar-refractivity contribution >= 4 is 42.6 Å². The maximum atomic E-state index is 13.7. The molecule has 1 amide bonds. The summed E-state index contributed by atoms with van der Waals surface area (Å²) in [5.74, 6) is -0.975. The van der Waals surface area contributed by atoms with E-state index in [-0.39, 0.29) is 55.9 Å². The average molecular weight is 608 g/mol. The van der Waals surface area contributed by atoms with Crippen molar-refractivity contribution in [2.45, 2.75) is 58.4 Å². The Labute approximate surface area is 267 Å². The molecule has 1 aromatic heterocycles. The van der Waals surface area contributed by atoms with Gasteiger partial charge in [-0.25, -0.2) is 14.8 Å². The zero-order valence-corrected chi connectivity index (χ0v) is 24.4. The molecular formula is C31H37F3LiN5O4. The number of amides is 1. The summed E-state index contributed by atoms with van der Waals surface area (Å²) < 4.78 is 46.7. The Bertz CT molecular complexity index is 1420. The van der Waals surface area contributed by atoms with Crippen LogP contribution >= 0.6 is 0 Å². The second kappa shape index (κ2) is 14.9. The molecule has 13 heteroatoms. The predicted molar refractivity (Wildman–Crippen MR) is 162 cm³/mol. The normalized spacial score (nSPS) is 14.1. The quantitative estimate of drug-likeness (QED) is 0.326. The number of carbonyl (C=O) groups is 2. The molecule has 2 N–H and O–H groups in total. The summed E-state index contributed by atoms with van der Waals surface area (Å²) in [5, 5.41) is 12.2. The van der Waals surface area contributed by atoms with E-state index >= 15 is 0 Å². The fraction of sp³-hybridized carbons (Fsp3) is 0.419. The summed E-state index contributed by atoms with van der Waals surface area (Å²) in [4.78, 5) is 35.5. The fourth-order valence-electron chi connectivity index (χ4n) is 4.79. The van der Waals surface area contributed by atoms with Gasteiger partial charge in [-0.2, -0.15) is 13.2 Å². The Balaban J connectivity index is 0.00000529. The molecule has 4 rings (SSSR count). The Hall–Kier alpha value is -3.59. The van der Waals surface area contributed by atoms with Gasteiger partial charge in [-0.05, 0) is 62.4 Å². The summed E-state index contributed by atoms with van der Waals surface area (Å²) >= 11 is 0. The molecule has 1 aliphatic heterocycles. The molecule has 232 valence electrons. The summed E-state index contributed by atoms with van der Waals surface area (Å²) in [7, 11) is 0. The van der Waals surface area contributed by atoms with Crippen LogP contribution in [0.15, 0.2) is 54.7 Å². The number of carbonyl (C=O) groups excluding carboxylic acids is 1. The van der Waals surface area contributed by atoms with E-state index < -0.39 is 23.3 Å². The van der Waals surface area contributed by atoms with Crippen molar-refractivity contribution in [1.29, 1.82) is 0 Å². The molecule has 9 nitrogen and oxygen atoms in total. The van der Waals surface area contributed by atoms with E-state index in [1.54, 1.807) is 29.2 Å². The van der Waals surface area contributed by atoms with Crippen LogP contribution in [0.4, 0.5) is 29.6 Å². The standard InChI is InChI=1S/C31H36F3N5O4.Li.H/c1-30(2,3)43-29(42)39-16-14-38(15-17-39)20-21-8-11-24(12-9-21)36-28-35-19-25(31(32,33)34)26(37-28)13-10-22-6-4-5-7-23(22)18-27(40)41;;/h4-9,11-12,19H,10,13-18,20H2,1-3H3,(H,40,41)(H,35,36,37);;. The molecule has 0 unspecified atom stereocenters. The predicted octanol–water partition coefficient (Wildman–Crippen LogP) is 5.06. The number of aromatic nitrogens is 2. The van der Waals surface area contributed by atoms with Crippen LogP contribution in [0.2, 0.25) is 0 Å². The maximum absolute atomic E-state index is 13.7. The van der Waals surface area contributed by atoms with Crippen LogP contribution in [0.5, 0.6) is 0 Å². The zero-order valence-electron chi connectivity index (χ0n) is 24.4. The van der Waals surface area contributed by atoms with Crippen molar-refractivity contribution in [3.63, 3.8) is 0 Å². The van der Waals surface area contributed by atoms with E-state index in [2.05, 4.69) is 20.2 Å². The van der Waals surface area contributed by atoms with Gasteiger partial charge in [-0.1, -0.05) is 36.4 Å². The third-order valence-corrected chi connectivity index (χ3v) is 6.90. The number of aryl methyl sites for hydroxylation is 2. The van der Waals surface area contributed by atoms with E-state index in [9.17, 15) is 22.8 Å². The van der Waals surface area contributed by atoms with Crippen molar-refractivity contribution in [1.82, 2.24) is 19.8 Å². The number of carboxylic acids is 1. The number of ether oxygens (including phenoxy) is 1. The Kier molecular flexibility index (Phi) is 11.8. The van der Waals surface area contributed by atoms with Gasteiger partial charge >= 0.3 is 37.1 Å². The van der Waals surface area contributed by atoms with E-state index in [4.69, 9.17) is 9.84 Å². The van der Waals surface area contributed by atoms with Crippen LogP contribution in [0.3, 0.4) is 0 Å². The Morgan fingerprint density at radius 1 is 0.955 bits per heavy atom. The molecule has 1 saturated heterocycles. The Morgan fingerprint density at radius 2 is 1.59 bits per heavy atom. The number of nitrogens with one attached hydrogen (secondary N) is 1. The molecule has 0 bridgehead atoms. The summed E-state index contributed by atoms with van der Waals surface area (Å²) in [6.07, 6.45) is -4.21. The molecule has 2 heterocycles. The van der Waals surface area contributed by atoms with Crippen molar-refractivity contribution in [2.24, 2.45) is 0 Å². The van der Waals surface area contributed by atoms with Gasteiger partial charge in [0.25, 0.3) is 0 Å². The van der Waals surface area contributed by atoms with Gasteiger partial charge in [-0.3, -0.25) is 9.69 Å². The number of benzene rings is 2. The van der Waals surface area contributed by atoms with E-state index in [1.807, 2.05) is 45.0 Å². The van der Waals surface area contributed by atoms with E-state index in [0.717, 1.165) is 11.8 Å². The van der Waals surface area contributed by atoms with Gasteiger partial charge in [0.1, 0.15) is 5.60 Å². The number of carboxylic acid groups (broad SMARTS) is 1. The monoisotopic (exact) mass is 607 g/mol.